The molecule has 0 aliphatic carbocycles. The molecule has 94 valence electrons. The van der Waals surface area contributed by atoms with E-state index in [-0.39, 0.29) is 12.5 Å². The van der Waals surface area contributed by atoms with Crippen molar-refractivity contribution in [2.24, 2.45) is 0 Å². The number of ether oxygens (including phenoxy) is 1. The van der Waals surface area contributed by atoms with E-state index in [9.17, 15) is 4.79 Å². The van der Waals surface area contributed by atoms with Crippen molar-refractivity contribution in [1.29, 1.82) is 0 Å². The Morgan fingerprint density at radius 3 is 2.62 bits per heavy atom. The first kappa shape index (κ1) is 15.2. The van der Waals surface area contributed by atoms with Crippen molar-refractivity contribution in [3.05, 3.63) is 12.7 Å². The summed E-state index contributed by atoms with van der Waals surface area (Å²) in [6, 6.07) is 0. The van der Waals surface area contributed by atoms with Crippen molar-refractivity contribution in [1.82, 2.24) is 0 Å². The lowest BCUT2D eigenvalue weighted by atomic mass is 10.1. The Hall–Kier alpha value is -0.830. The second kappa shape index (κ2) is 10.7. The van der Waals surface area contributed by atoms with E-state index in [1.54, 1.807) is 6.08 Å². The fraction of sp³-hybridized carbons (Fsp3) is 0.769. The van der Waals surface area contributed by atoms with Crippen LogP contribution in [0.2, 0.25) is 0 Å². The molecule has 0 saturated carbocycles. The largest absolute Gasteiger partial charge is 0.481 e. The summed E-state index contributed by atoms with van der Waals surface area (Å²) in [4.78, 5) is 10.6. The maximum Gasteiger partial charge on any atom is 0.305 e. The van der Waals surface area contributed by atoms with Crippen molar-refractivity contribution in [2.45, 2.75) is 58.0 Å². The highest BCUT2D eigenvalue weighted by Crippen LogP contribution is 2.12. The number of hydrogen-bond donors (Lipinski definition) is 1. The molecule has 16 heavy (non-hydrogen) atoms. The summed E-state index contributed by atoms with van der Waals surface area (Å²) in [5.41, 5.74) is 0. The average Bonchev–Trinajstić information content (AvgIpc) is 2.24. The number of rotatable bonds is 11. The van der Waals surface area contributed by atoms with E-state index in [0.717, 1.165) is 12.8 Å². The van der Waals surface area contributed by atoms with Gasteiger partial charge in [0.15, 0.2) is 0 Å². The highest BCUT2D eigenvalue weighted by atomic mass is 16.5. The third kappa shape index (κ3) is 9.71. The molecule has 1 unspecified atom stereocenters. The van der Waals surface area contributed by atoms with Crippen LogP contribution in [-0.2, 0) is 9.53 Å². The normalized spacial score (nSPS) is 12.3. The predicted octanol–water partition coefficient (Wildman–Crippen LogP) is 3.39. The average molecular weight is 228 g/mol. The van der Waals surface area contributed by atoms with Gasteiger partial charge in [-0.2, -0.15) is 0 Å². The number of aliphatic carboxylic acids is 1. The first-order chi connectivity index (χ1) is 7.70. The fourth-order valence-electron chi connectivity index (χ4n) is 1.62. The molecule has 0 aromatic carbocycles. The molecule has 0 rings (SSSR count). The van der Waals surface area contributed by atoms with Gasteiger partial charge in [-0.05, 0) is 6.42 Å². The van der Waals surface area contributed by atoms with Gasteiger partial charge in [0, 0.05) is 0 Å². The van der Waals surface area contributed by atoms with Crippen LogP contribution in [0.1, 0.15) is 51.9 Å². The lowest BCUT2D eigenvalue weighted by molar-refractivity contribution is -0.140. The van der Waals surface area contributed by atoms with Crippen molar-refractivity contribution in [3.8, 4) is 0 Å². The van der Waals surface area contributed by atoms with Gasteiger partial charge in [-0.1, -0.05) is 45.1 Å². The van der Waals surface area contributed by atoms with Crippen LogP contribution in [0.5, 0.6) is 0 Å². The van der Waals surface area contributed by atoms with E-state index in [1.807, 2.05) is 0 Å². The Kier molecular flexibility index (Phi) is 10.1. The summed E-state index contributed by atoms with van der Waals surface area (Å²) >= 11 is 0. The van der Waals surface area contributed by atoms with Gasteiger partial charge >= 0.3 is 5.97 Å². The van der Waals surface area contributed by atoms with E-state index in [4.69, 9.17) is 9.84 Å². The molecule has 0 aromatic heterocycles. The summed E-state index contributed by atoms with van der Waals surface area (Å²) in [5.74, 6) is -0.789. The Labute approximate surface area is 98.5 Å². The molecule has 1 atom stereocenters. The molecule has 0 aliphatic rings. The number of carboxylic acids is 1. The molecule has 3 nitrogen and oxygen atoms in total. The van der Waals surface area contributed by atoms with Crippen LogP contribution >= 0.6 is 0 Å². The zero-order chi connectivity index (χ0) is 12.2. The smallest absolute Gasteiger partial charge is 0.305 e. The summed E-state index contributed by atoms with van der Waals surface area (Å²) in [6.07, 6.45) is 8.38. The van der Waals surface area contributed by atoms with Crippen LogP contribution in [0.3, 0.4) is 0 Å². The maximum absolute atomic E-state index is 10.6. The summed E-state index contributed by atoms with van der Waals surface area (Å²) < 4.78 is 5.41. The van der Waals surface area contributed by atoms with Crippen molar-refractivity contribution >= 4 is 5.97 Å². The summed E-state index contributed by atoms with van der Waals surface area (Å²) in [6.45, 7) is 6.18. The minimum absolute atomic E-state index is 0.0988. The van der Waals surface area contributed by atoms with E-state index in [2.05, 4.69) is 13.5 Å². The Morgan fingerprint density at radius 1 is 1.38 bits per heavy atom. The molecule has 0 fully saturated rings. The number of carbonyl (C=O) groups is 1. The van der Waals surface area contributed by atoms with Gasteiger partial charge in [0.25, 0.3) is 0 Å². The maximum atomic E-state index is 10.6. The molecule has 3 heteroatoms. The molecule has 0 aromatic rings. The quantitative estimate of drug-likeness (QED) is 0.435. The van der Waals surface area contributed by atoms with Gasteiger partial charge in [-0.3, -0.25) is 4.79 Å². The molecular formula is C13H24O3. The van der Waals surface area contributed by atoms with Crippen LogP contribution in [0.15, 0.2) is 12.7 Å². The molecule has 0 spiro atoms. The van der Waals surface area contributed by atoms with Crippen molar-refractivity contribution in [2.75, 3.05) is 6.61 Å². The van der Waals surface area contributed by atoms with Crippen LogP contribution in [0.4, 0.5) is 0 Å². The fourth-order valence-corrected chi connectivity index (χ4v) is 1.62. The molecule has 0 saturated heterocycles. The van der Waals surface area contributed by atoms with E-state index in [1.165, 1.54) is 25.7 Å². The van der Waals surface area contributed by atoms with Gasteiger partial charge in [-0.25, -0.2) is 0 Å². The molecule has 0 bridgehead atoms. The molecule has 0 aliphatic heterocycles. The SMILES string of the molecule is C=CCOC(CCCCCCC)CC(=O)O. The minimum Gasteiger partial charge on any atom is -0.481 e. The molecule has 1 N–H and O–H groups in total. The number of unbranched alkanes of at least 4 members (excludes halogenated alkanes) is 4. The van der Waals surface area contributed by atoms with Gasteiger partial charge in [0.2, 0.25) is 0 Å². The topological polar surface area (TPSA) is 46.5 Å². The molecule has 0 radical (unpaired) electrons. The number of hydrogen-bond acceptors (Lipinski definition) is 2. The van der Waals surface area contributed by atoms with Gasteiger partial charge in [0.1, 0.15) is 0 Å². The highest BCUT2D eigenvalue weighted by Gasteiger charge is 2.12. The standard InChI is InChI=1S/C13H24O3/c1-3-5-6-7-8-9-12(11-13(14)15)16-10-4-2/h4,12H,2-3,5-11H2,1H3,(H,14,15). The predicted molar refractivity (Wildman–Crippen MR) is 65.6 cm³/mol. The van der Waals surface area contributed by atoms with E-state index in [0.29, 0.717) is 6.61 Å². The van der Waals surface area contributed by atoms with Crippen molar-refractivity contribution < 1.29 is 14.6 Å². The first-order valence-electron chi connectivity index (χ1n) is 6.15. The van der Waals surface area contributed by atoms with Gasteiger partial charge < -0.3 is 9.84 Å². The first-order valence-corrected chi connectivity index (χ1v) is 6.15. The van der Waals surface area contributed by atoms with Crippen molar-refractivity contribution in [3.63, 3.8) is 0 Å². The van der Waals surface area contributed by atoms with Crippen LogP contribution < -0.4 is 0 Å². The lowest BCUT2D eigenvalue weighted by Gasteiger charge is -2.14. The van der Waals surface area contributed by atoms with Gasteiger partial charge in [-0.15, -0.1) is 6.58 Å². The Bertz CT molecular complexity index is 190. The summed E-state index contributed by atoms with van der Waals surface area (Å²) in [7, 11) is 0. The zero-order valence-corrected chi connectivity index (χ0v) is 10.3. The highest BCUT2D eigenvalue weighted by molar-refractivity contribution is 5.67. The molecule has 0 heterocycles. The third-order valence-electron chi connectivity index (χ3n) is 2.48. The molecular weight excluding hydrogens is 204 g/mol. The number of carboxylic acid groups (broad SMARTS) is 1. The molecule has 0 amide bonds. The zero-order valence-electron chi connectivity index (χ0n) is 10.3. The van der Waals surface area contributed by atoms with E-state index >= 15 is 0 Å². The monoisotopic (exact) mass is 228 g/mol. The minimum atomic E-state index is -0.789. The van der Waals surface area contributed by atoms with E-state index < -0.39 is 5.97 Å². The lowest BCUT2D eigenvalue weighted by Crippen LogP contribution is -2.17. The van der Waals surface area contributed by atoms with Crippen LogP contribution in [-0.4, -0.2) is 23.8 Å². The Morgan fingerprint density at radius 2 is 2.06 bits per heavy atom. The Balaban J connectivity index is 3.64. The van der Waals surface area contributed by atoms with Crippen LogP contribution in [0.25, 0.3) is 0 Å². The summed E-state index contributed by atoms with van der Waals surface area (Å²) in [5, 5.41) is 8.72. The second-order valence-corrected chi connectivity index (χ2v) is 4.04. The second-order valence-electron chi connectivity index (χ2n) is 4.04. The third-order valence-corrected chi connectivity index (χ3v) is 2.48. The van der Waals surface area contributed by atoms with Gasteiger partial charge in [0.05, 0.1) is 19.1 Å². The van der Waals surface area contributed by atoms with Crippen LogP contribution in [0, 0.1) is 0 Å².